The fraction of sp³-hybridized carbons (Fsp3) is 0.500. The number of carboxylic acids is 1. The van der Waals surface area contributed by atoms with Crippen LogP contribution in [0.3, 0.4) is 0 Å². The number of rotatable bonds is 4. The van der Waals surface area contributed by atoms with Crippen molar-refractivity contribution in [3.8, 4) is 5.75 Å². The van der Waals surface area contributed by atoms with Crippen LogP contribution in [0.5, 0.6) is 5.75 Å². The van der Waals surface area contributed by atoms with Gasteiger partial charge in [-0.15, -0.1) is 0 Å². The van der Waals surface area contributed by atoms with E-state index in [0.29, 0.717) is 18.7 Å². The summed E-state index contributed by atoms with van der Waals surface area (Å²) in [4.78, 5) is 24.7. The quantitative estimate of drug-likeness (QED) is 0.922. The molecule has 0 spiro atoms. The summed E-state index contributed by atoms with van der Waals surface area (Å²) in [5, 5.41) is 9.10. The van der Waals surface area contributed by atoms with E-state index in [0.717, 1.165) is 23.1 Å². The van der Waals surface area contributed by atoms with Crippen LogP contribution in [0, 0.1) is 20.8 Å². The maximum absolute atomic E-state index is 12.2. The van der Waals surface area contributed by atoms with Gasteiger partial charge in [0.1, 0.15) is 11.8 Å². The predicted molar refractivity (Wildman–Crippen MR) is 78.5 cm³/mol. The Bertz CT molecular complexity index is 544. The summed E-state index contributed by atoms with van der Waals surface area (Å²) in [6.07, 6.45) is 1.24. The van der Waals surface area contributed by atoms with Crippen molar-refractivity contribution in [3.05, 3.63) is 28.8 Å². The third-order valence-corrected chi connectivity index (χ3v) is 3.80. The molecule has 0 aromatic heterocycles. The van der Waals surface area contributed by atoms with E-state index in [9.17, 15) is 9.59 Å². The fourth-order valence-corrected chi connectivity index (χ4v) is 2.93. The zero-order chi connectivity index (χ0) is 15.6. The van der Waals surface area contributed by atoms with Gasteiger partial charge in [-0.2, -0.15) is 0 Å². The Hall–Kier alpha value is -2.04. The summed E-state index contributed by atoms with van der Waals surface area (Å²) in [5.74, 6) is -0.497. The molecule has 1 unspecified atom stereocenters. The van der Waals surface area contributed by atoms with Gasteiger partial charge in [0.2, 0.25) is 0 Å². The maximum atomic E-state index is 12.2. The molecule has 0 aliphatic carbocycles. The monoisotopic (exact) mass is 291 g/mol. The highest BCUT2D eigenvalue weighted by atomic mass is 16.5. The summed E-state index contributed by atoms with van der Waals surface area (Å²) in [5.41, 5.74) is 3.11. The van der Waals surface area contributed by atoms with Gasteiger partial charge < -0.3 is 14.7 Å². The first-order valence-corrected chi connectivity index (χ1v) is 7.13. The van der Waals surface area contributed by atoms with Gasteiger partial charge in [-0.3, -0.25) is 4.79 Å². The topological polar surface area (TPSA) is 66.8 Å². The van der Waals surface area contributed by atoms with E-state index in [-0.39, 0.29) is 12.5 Å². The minimum absolute atomic E-state index is 0.117. The molecule has 0 bridgehead atoms. The van der Waals surface area contributed by atoms with Crippen molar-refractivity contribution in [2.24, 2.45) is 0 Å². The Balaban J connectivity index is 2.03. The van der Waals surface area contributed by atoms with E-state index < -0.39 is 12.0 Å². The second kappa shape index (κ2) is 6.16. The first kappa shape index (κ1) is 15.4. The lowest BCUT2D eigenvalue weighted by atomic mass is 10.1. The van der Waals surface area contributed by atoms with Crippen molar-refractivity contribution in [1.82, 2.24) is 4.90 Å². The molecular weight excluding hydrogens is 270 g/mol. The second-order valence-electron chi connectivity index (χ2n) is 5.60. The van der Waals surface area contributed by atoms with E-state index in [2.05, 4.69) is 0 Å². The Kier molecular flexibility index (Phi) is 4.50. The second-order valence-corrected chi connectivity index (χ2v) is 5.60. The van der Waals surface area contributed by atoms with Gasteiger partial charge in [-0.25, -0.2) is 4.79 Å². The van der Waals surface area contributed by atoms with Crippen LogP contribution in [-0.2, 0) is 9.59 Å². The third-order valence-electron chi connectivity index (χ3n) is 3.80. The molecule has 0 radical (unpaired) electrons. The van der Waals surface area contributed by atoms with Crippen molar-refractivity contribution in [3.63, 3.8) is 0 Å². The molecule has 114 valence electrons. The minimum Gasteiger partial charge on any atom is -0.483 e. The van der Waals surface area contributed by atoms with Crippen molar-refractivity contribution < 1.29 is 19.4 Å². The fourth-order valence-electron chi connectivity index (χ4n) is 2.93. The van der Waals surface area contributed by atoms with E-state index in [1.54, 1.807) is 0 Å². The molecule has 1 aromatic carbocycles. The first-order valence-electron chi connectivity index (χ1n) is 7.13. The van der Waals surface area contributed by atoms with E-state index in [4.69, 9.17) is 9.84 Å². The molecule has 2 rings (SSSR count). The van der Waals surface area contributed by atoms with Crippen LogP contribution in [0.15, 0.2) is 12.1 Å². The molecule has 5 nitrogen and oxygen atoms in total. The predicted octanol–water partition coefficient (Wildman–Crippen LogP) is 2.07. The molecule has 1 amide bonds. The molecule has 1 heterocycles. The Labute approximate surface area is 124 Å². The molecule has 1 aromatic rings. The van der Waals surface area contributed by atoms with Crippen LogP contribution in [0.1, 0.15) is 29.5 Å². The molecule has 0 saturated carbocycles. The zero-order valence-corrected chi connectivity index (χ0v) is 12.7. The van der Waals surface area contributed by atoms with Crippen molar-refractivity contribution in [2.75, 3.05) is 13.2 Å². The number of amides is 1. The lowest BCUT2D eigenvalue weighted by Gasteiger charge is -2.22. The highest BCUT2D eigenvalue weighted by Crippen LogP contribution is 2.25. The van der Waals surface area contributed by atoms with E-state index in [1.165, 1.54) is 4.90 Å². The lowest BCUT2D eigenvalue weighted by molar-refractivity contribution is -0.149. The maximum Gasteiger partial charge on any atom is 0.326 e. The third kappa shape index (κ3) is 3.35. The number of carbonyl (C=O) groups excluding carboxylic acids is 1. The molecule has 1 fully saturated rings. The smallest absolute Gasteiger partial charge is 0.326 e. The number of benzene rings is 1. The summed E-state index contributed by atoms with van der Waals surface area (Å²) in [6.45, 7) is 6.27. The van der Waals surface area contributed by atoms with Gasteiger partial charge in [0.05, 0.1) is 0 Å². The van der Waals surface area contributed by atoms with Crippen molar-refractivity contribution >= 4 is 11.9 Å². The number of likely N-dealkylation sites (tertiary alicyclic amines) is 1. The molecular formula is C16H21NO4. The van der Waals surface area contributed by atoms with Gasteiger partial charge in [0, 0.05) is 6.54 Å². The number of nitrogens with zero attached hydrogens (tertiary/aromatic N) is 1. The Morgan fingerprint density at radius 3 is 2.48 bits per heavy atom. The van der Waals surface area contributed by atoms with Gasteiger partial charge in [0.15, 0.2) is 6.61 Å². The molecule has 1 N–H and O–H groups in total. The number of carboxylic acid groups (broad SMARTS) is 1. The Morgan fingerprint density at radius 1 is 1.29 bits per heavy atom. The summed E-state index contributed by atoms with van der Waals surface area (Å²) >= 11 is 0. The number of carbonyl (C=O) groups is 2. The van der Waals surface area contributed by atoms with Crippen LogP contribution in [0.25, 0.3) is 0 Å². The molecule has 5 heteroatoms. The van der Waals surface area contributed by atoms with E-state index >= 15 is 0 Å². The SMILES string of the molecule is Cc1cc(C)c(OCC(=O)N2CCCC2C(=O)O)c(C)c1. The van der Waals surface area contributed by atoms with Gasteiger partial charge in [-0.1, -0.05) is 17.7 Å². The summed E-state index contributed by atoms with van der Waals surface area (Å²) in [7, 11) is 0. The molecule has 21 heavy (non-hydrogen) atoms. The van der Waals surface area contributed by atoms with Crippen LogP contribution >= 0.6 is 0 Å². The summed E-state index contributed by atoms with van der Waals surface area (Å²) < 4.78 is 5.64. The minimum atomic E-state index is -0.941. The highest BCUT2D eigenvalue weighted by Gasteiger charge is 2.34. The normalized spacial score (nSPS) is 17.9. The standard InChI is InChI=1S/C16H21NO4/c1-10-7-11(2)15(12(3)8-10)21-9-14(18)17-6-4-5-13(17)16(19)20/h7-8,13H,4-6,9H2,1-3H3,(H,19,20). The van der Waals surface area contributed by atoms with Crippen molar-refractivity contribution in [2.45, 2.75) is 39.7 Å². The lowest BCUT2D eigenvalue weighted by Crippen LogP contribution is -2.42. The number of ether oxygens (including phenoxy) is 1. The average Bonchev–Trinajstić information content (AvgIpc) is 2.86. The van der Waals surface area contributed by atoms with Crippen molar-refractivity contribution in [1.29, 1.82) is 0 Å². The molecule has 1 atom stereocenters. The van der Waals surface area contributed by atoms with Gasteiger partial charge >= 0.3 is 5.97 Å². The van der Waals surface area contributed by atoms with Gasteiger partial charge in [0.25, 0.3) is 5.91 Å². The molecule has 1 aliphatic heterocycles. The van der Waals surface area contributed by atoms with Crippen LogP contribution in [-0.4, -0.2) is 41.1 Å². The number of hydrogen-bond donors (Lipinski definition) is 1. The first-order chi connectivity index (χ1) is 9.90. The van der Waals surface area contributed by atoms with Crippen LogP contribution in [0.2, 0.25) is 0 Å². The molecule has 1 aliphatic rings. The molecule has 1 saturated heterocycles. The van der Waals surface area contributed by atoms with Crippen LogP contribution in [0.4, 0.5) is 0 Å². The highest BCUT2D eigenvalue weighted by molar-refractivity contribution is 5.85. The summed E-state index contributed by atoms with van der Waals surface area (Å²) in [6, 6.07) is 3.30. The van der Waals surface area contributed by atoms with Gasteiger partial charge in [-0.05, 0) is 44.7 Å². The van der Waals surface area contributed by atoms with E-state index in [1.807, 2.05) is 32.9 Å². The number of hydrogen-bond acceptors (Lipinski definition) is 3. The zero-order valence-electron chi connectivity index (χ0n) is 12.7. The largest absolute Gasteiger partial charge is 0.483 e. The van der Waals surface area contributed by atoms with Crippen LogP contribution < -0.4 is 4.74 Å². The Morgan fingerprint density at radius 2 is 1.90 bits per heavy atom. The number of aliphatic carboxylic acids is 1. The number of aryl methyl sites for hydroxylation is 3. The average molecular weight is 291 g/mol.